The molecule has 8 nitrogen and oxygen atoms in total. The van der Waals surface area contributed by atoms with Crippen molar-refractivity contribution >= 4 is 10.8 Å². The van der Waals surface area contributed by atoms with Gasteiger partial charge in [0.1, 0.15) is 5.56 Å². The molecule has 0 aliphatic carbocycles. The van der Waals surface area contributed by atoms with Crippen molar-refractivity contribution in [2.75, 3.05) is 13.2 Å². The Labute approximate surface area is 208 Å². The first-order valence-corrected chi connectivity index (χ1v) is 12.0. The number of aromatic nitrogens is 3. The summed E-state index contributed by atoms with van der Waals surface area (Å²) in [6.45, 7) is 4.14. The predicted octanol–water partition coefficient (Wildman–Crippen LogP) is 3.35. The van der Waals surface area contributed by atoms with Crippen LogP contribution in [0.15, 0.2) is 77.9 Å². The standard InChI is InChI=1S/C28H26N6O2/c1-20(32-15-6-16-33(32)29)25-18-22-9-5-8-21(12-13-23-19-30-31-14-7-17-36-28(23)31)26(22)27(35)34(25)24-10-3-2-4-11-24/h2-6,8-11,15,18-20H,7,14,16-17,29H2,1H3/t20-/m0/s1. The maximum Gasteiger partial charge on any atom is 0.264 e. The molecule has 0 radical (unpaired) electrons. The molecule has 4 aromatic rings. The number of hydrazine groups is 2. The highest BCUT2D eigenvalue weighted by molar-refractivity contribution is 5.88. The van der Waals surface area contributed by atoms with Crippen molar-refractivity contribution < 1.29 is 4.74 Å². The maximum atomic E-state index is 14.1. The Balaban J connectivity index is 1.53. The second-order valence-corrected chi connectivity index (χ2v) is 8.92. The zero-order valence-electron chi connectivity index (χ0n) is 20.0. The molecule has 2 aromatic heterocycles. The van der Waals surface area contributed by atoms with E-state index in [-0.39, 0.29) is 11.6 Å². The Morgan fingerprint density at radius 3 is 2.72 bits per heavy atom. The molecule has 2 aliphatic heterocycles. The van der Waals surface area contributed by atoms with Gasteiger partial charge in [-0.15, -0.1) is 0 Å². The van der Waals surface area contributed by atoms with Gasteiger partial charge in [-0.25, -0.2) is 4.68 Å². The van der Waals surface area contributed by atoms with E-state index in [9.17, 15) is 4.79 Å². The molecule has 0 bridgehead atoms. The summed E-state index contributed by atoms with van der Waals surface area (Å²) in [5.41, 5.74) is 2.90. The Bertz CT molecular complexity index is 1590. The lowest BCUT2D eigenvalue weighted by Gasteiger charge is -2.32. The zero-order chi connectivity index (χ0) is 24.6. The minimum absolute atomic E-state index is 0.120. The van der Waals surface area contributed by atoms with E-state index in [2.05, 4.69) is 23.0 Å². The fourth-order valence-electron chi connectivity index (χ4n) is 4.86. The lowest BCUT2D eigenvalue weighted by molar-refractivity contribution is 0.0135. The lowest BCUT2D eigenvalue weighted by atomic mass is 10.0. The molecule has 4 heterocycles. The number of ether oxygens (including phenoxy) is 1. The van der Waals surface area contributed by atoms with Crippen molar-refractivity contribution in [1.29, 1.82) is 0 Å². The molecule has 1 atom stereocenters. The van der Waals surface area contributed by atoms with Gasteiger partial charge in [0.2, 0.25) is 5.88 Å². The summed E-state index contributed by atoms with van der Waals surface area (Å²) >= 11 is 0. The van der Waals surface area contributed by atoms with E-state index < -0.39 is 0 Å². The average molecular weight is 479 g/mol. The number of pyridine rings is 1. The van der Waals surface area contributed by atoms with Crippen LogP contribution in [-0.2, 0) is 6.54 Å². The average Bonchev–Trinajstić information content (AvgIpc) is 3.53. The van der Waals surface area contributed by atoms with Gasteiger partial charge in [0, 0.05) is 30.4 Å². The Morgan fingerprint density at radius 1 is 1.08 bits per heavy atom. The molecule has 0 saturated carbocycles. The molecular formula is C28H26N6O2. The second-order valence-electron chi connectivity index (χ2n) is 8.92. The van der Waals surface area contributed by atoms with Gasteiger partial charge in [-0.05, 0) is 42.7 Å². The first kappa shape index (κ1) is 22.2. The molecule has 2 aliphatic rings. The van der Waals surface area contributed by atoms with Crippen LogP contribution in [0.5, 0.6) is 5.88 Å². The van der Waals surface area contributed by atoms with E-state index in [1.54, 1.807) is 15.9 Å². The minimum atomic E-state index is -0.170. The fraction of sp³-hybridized carbons (Fsp3) is 0.214. The number of fused-ring (bicyclic) bond motifs is 2. The van der Waals surface area contributed by atoms with Crippen LogP contribution >= 0.6 is 0 Å². The number of aryl methyl sites for hydroxylation is 1. The highest BCUT2D eigenvalue weighted by Crippen LogP contribution is 2.28. The third kappa shape index (κ3) is 3.75. The number of hydrogen-bond donors (Lipinski definition) is 1. The second kappa shape index (κ2) is 9.04. The van der Waals surface area contributed by atoms with Gasteiger partial charge in [-0.1, -0.05) is 42.2 Å². The molecular weight excluding hydrogens is 452 g/mol. The summed E-state index contributed by atoms with van der Waals surface area (Å²) in [5, 5.41) is 9.37. The molecule has 0 unspecified atom stereocenters. The molecule has 6 rings (SSSR count). The highest BCUT2D eigenvalue weighted by Gasteiger charge is 2.25. The normalized spacial score (nSPS) is 15.9. The van der Waals surface area contributed by atoms with E-state index in [0.29, 0.717) is 30.0 Å². The third-order valence-corrected chi connectivity index (χ3v) is 6.64. The van der Waals surface area contributed by atoms with Gasteiger partial charge < -0.3 is 4.74 Å². The van der Waals surface area contributed by atoms with Gasteiger partial charge in [0.05, 0.1) is 36.5 Å². The van der Waals surface area contributed by atoms with E-state index in [1.807, 2.05) is 77.4 Å². The van der Waals surface area contributed by atoms with E-state index >= 15 is 0 Å². The zero-order valence-corrected chi connectivity index (χ0v) is 20.0. The van der Waals surface area contributed by atoms with Crippen molar-refractivity contribution in [2.24, 2.45) is 5.84 Å². The number of nitrogens with zero attached hydrogens (tertiary/aromatic N) is 5. The number of benzene rings is 2. The quantitative estimate of drug-likeness (QED) is 0.359. The Kier molecular flexibility index (Phi) is 5.56. The summed E-state index contributed by atoms with van der Waals surface area (Å²) in [4.78, 5) is 14.1. The highest BCUT2D eigenvalue weighted by atomic mass is 16.5. The molecule has 0 amide bonds. The van der Waals surface area contributed by atoms with Crippen LogP contribution < -0.4 is 16.1 Å². The molecule has 36 heavy (non-hydrogen) atoms. The summed E-state index contributed by atoms with van der Waals surface area (Å²) in [6, 6.07) is 17.3. The van der Waals surface area contributed by atoms with Crippen molar-refractivity contribution in [3.05, 3.63) is 100 Å². The first-order chi connectivity index (χ1) is 17.6. The van der Waals surface area contributed by atoms with E-state index in [1.165, 1.54) is 0 Å². The fourth-order valence-corrected chi connectivity index (χ4v) is 4.86. The van der Waals surface area contributed by atoms with Crippen molar-refractivity contribution in [3.8, 4) is 23.4 Å². The monoisotopic (exact) mass is 478 g/mol. The molecule has 0 fully saturated rings. The van der Waals surface area contributed by atoms with Crippen LogP contribution in [0.1, 0.15) is 36.2 Å². The van der Waals surface area contributed by atoms with E-state index in [4.69, 9.17) is 10.6 Å². The van der Waals surface area contributed by atoms with Crippen LogP contribution in [0.4, 0.5) is 0 Å². The Hall–Kier alpha value is -4.32. The van der Waals surface area contributed by atoms with Crippen molar-refractivity contribution in [1.82, 2.24) is 24.5 Å². The van der Waals surface area contributed by atoms with Gasteiger partial charge in [-0.3, -0.25) is 20.2 Å². The van der Waals surface area contributed by atoms with Crippen molar-refractivity contribution in [2.45, 2.75) is 25.9 Å². The Morgan fingerprint density at radius 2 is 1.92 bits per heavy atom. The predicted molar refractivity (Wildman–Crippen MR) is 138 cm³/mol. The number of rotatable bonds is 3. The third-order valence-electron chi connectivity index (χ3n) is 6.64. The molecule has 8 heteroatoms. The van der Waals surface area contributed by atoms with Gasteiger partial charge in [-0.2, -0.15) is 10.2 Å². The van der Waals surface area contributed by atoms with Gasteiger partial charge in [0.15, 0.2) is 0 Å². The van der Waals surface area contributed by atoms with Crippen LogP contribution in [0.25, 0.3) is 16.5 Å². The number of nitrogens with two attached hydrogens (primary N) is 1. The summed E-state index contributed by atoms with van der Waals surface area (Å²) in [7, 11) is 0. The lowest BCUT2D eigenvalue weighted by Crippen LogP contribution is -2.43. The summed E-state index contributed by atoms with van der Waals surface area (Å²) in [6.07, 6.45) is 6.60. The van der Waals surface area contributed by atoms with Gasteiger partial charge >= 0.3 is 0 Å². The largest absolute Gasteiger partial charge is 0.477 e. The minimum Gasteiger partial charge on any atom is -0.477 e. The summed E-state index contributed by atoms with van der Waals surface area (Å²) in [5.74, 6) is 13.3. The summed E-state index contributed by atoms with van der Waals surface area (Å²) < 4.78 is 9.38. The molecule has 0 saturated heterocycles. The number of para-hydroxylation sites is 1. The maximum absolute atomic E-state index is 14.1. The first-order valence-electron chi connectivity index (χ1n) is 12.0. The number of hydrogen-bond acceptors (Lipinski definition) is 6. The molecule has 0 spiro atoms. The topological polar surface area (TPSA) is 81.6 Å². The van der Waals surface area contributed by atoms with Crippen LogP contribution in [-0.4, -0.2) is 37.6 Å². The SMILES string of the molecule is C[C@@H](c1cc2cccc(C#Cc3cnn4c3OCCC4)c2c(=O)n1-c1ccccc1)N1C=CCN1N. The molecule has 2 aromatic carbocycles. The van der Waals surface area contributed by atoms with Crippen molar-refractivity contribution in [3.63, 3.8) is 0 Å². The smallest absolute Gasteiger partial charge is 0.264 e. The molecule has 180 valence electrons. The van der Waals surface area contributed by atoms with Crippen LogP contribution in [0.3, 0.4) is 0 Å². The van der Waals surface area contributed by atoms with Gasteiger partial charge in [0.25, 0.3) is 5.56 Å². The van der Waals surface area contributed by atoms with E-state index in [0.717, 1.165) is 35.3 Å². The van der Waals surface area contributed by atoms with Crippen LogP contribution in [0.2, 0.25) is 0 Å². The molecule has 2 N–H and O–H groups in total. The van der Waals surface area contributed by atoms with Crippen LogP contribution in [0, 0.1) is 11.8 Å².